The van der Waals surface area contributed by atoms with Crippen LogP contribution in [0.1, 0.15) is 44.8 Å². The Balaban J connectivity index is 1.89. The zero-order valence-corrected chi connectivity index (χ0v) is 10.7. The van der Waals surface area contributed by atoms with Crippen LogP contribution in [0, 0.1) is 0 Å². The highest BCUT2D eigenvalue weighted by molar-refractivity contribution is 5.09. The van der Waals surface area contributed by atoms with E-state index >= 15 is 0 Å². The Bertz CT molecular complexity index is 340. The van der Waals surface area contributed by atoms with E-state index in [0.29, 0.717) is 6.04 Å². The molecule has 0 radical (unpaired) electrons. The smallest absolute Gasteiger partial charge is 0.105 e. The SMILES string of the molecule is CCNC(CC1=CCCCC1)Cc1ccco1. The van der Waals surface area contributed by atoms with Crippen LogP contribution in [0.5, 0.6) is 0 Å². The number of likely N-dealkylation sites (N-methyl/N-ethyl adjacent to an activating group) is 1. The quantitative estimate of drug-likeness (QED) is 0.758. The van der Waals surface area contributed by atoms with E-state index in [4.69, 9.17) is 4.42 Å². The number of rotatable bonds is 6. The molecule has 2 heteroatoms. The maximum atomic E-state index is 5.44. The van der Waals surface area contributed by atoms with Gasteiger partial charge in [0.2, 0.25) is 0 Å². The van der Waals surface area contributed by atoms with Gasteiger partial charge in [0, 0.05) is 12.5 Å². The lowest BCUT2D eigenvalue weighted by atomic mass is 9.93. The highest BCUT2D eigenvalue weighted by Crippen LogP contribution is 2.22. The number of furan rings is 1. The van der Waals surface area contributed by atoms with E-state index in [2.05, 4.69) is 24.4 Å². The fraction of sp³-hybridized carbons (Fsp3) is 0.600. The van der Waals surface area contributed by atoms with Gasteiger partial charge in [-0.15, -0.1) is 0 Å². The summed E-state index contributed by atoms with van der Waals surface area (Å²) < 4.78 is 5.44. The molecule has 2 rings (SSSR count). The summed E-state index contributed by atoms with van der Waals surface area (Å²) in [5.41, 5.74) is 1.63. The highest BCUT2D eigenvalue weighted by atomic mass is 16.3. The predicted molar refractivity (Wildman–Crippen MR) is 71.0 cm³/mol. The minimum absolute atomic E-state index is 0.524. The molecule has 1 atom stereocenters. The van der Waals surface area contributed by atoms with Crippen LogP contribution in [0.3, 0.4) is 0 Å². The monoisotopic (exact) mass is 233 g/mol. The summed E-state index contributed by atoms with van der Waals surface area (Å²) in [6.45, 7) is 3.20. The maximum Gasteiger partial charge on any atom is 0.105 e. The first-order valence-corrected chi connectivity index (χ1v) is 6.82. The Kier molecular flexibility index (Phi) is 4.87. The second kappa shape index (κ2) is 6.65. The van der Waals surface area contributed by atoms with Crippen molar-refractivity contribution in [2.75, 3.05) is 6.54 Å². The lowest BCUT2D eigenvalue weighted by Crippen LogP contribution is -2.31. The molecule has 1 unspecified atom stereocenters. The Hall–Kier alpha value is -1.02. The Labute approximate surface area is 104 Å². The lowest BCUT2D eigenvalue weighted by molar-refractivity contribution is 0.439. The molecule has 1 N–H and O–H groups in total. The average Bonchev–Trinajstić information content (AvgIpc) is 2.83. The highest BCUT2D eigenvalue weighted by Gasteiger charge is 2.13. The van der Waals surface area contributed by atoms with Crippen LogP contribution < -0.4 is 5.32 Å². The van der Waals surface area contributed by atoms with E-state index in [1.54, 1.807) is 11.8 Å². The predicted octanol–water partition coefficient (Wildman–Crippen LogP) is 3.69. The molecule has 1 aromatic heterocycles. The normalized spacial score (nSPS) is 17.8. The van der Waals surface area contributed by atoms with Crippen molar-refractivity contribution in [1.29, 1.82) is 0 Å². The first-order valence-electron chi connectivity index (χ1n) is 6.82. The number of hydrogen-bond donors (Lipinski definition) is 1. The van der Waals surface area contributed by atoms with E-state index < -0.39 is 0 Å². The Morgan fingerprint density at radius 1 is 1.35 bits per heavy atom. The molecule has 0 spiro atoms. The van der Waals surface area contributed by atoms with Crippen LogP contribution in [-0.2, 0) is 6.42 Å². The van der Waals surface area contributed by atoms with Crippen molar-refractivity contribution in [3.05, 3.63) is 35.8 Å². The van der Waals surface area contributed by atoms with Gasteiger partial charge in [0.15, 0.2) is 0 Å². The third kappa shape index (κ3) is 4.04. The zero-order valence-electron chi connectivity index (χ0n) is 10.7. The van der Waals surface area contributed by atoms with Crippen molar-refractivity contribution < 1.29 is 4.42 Å². The Morgan fingerprint density at radius 3 is 2.94 bits per heavy atom. The van der Waals surface area contributed by atoms with Gasteiger partial charge in [-0.3, -0.25) is 0 Å². The molecule has 0 saturated heterocycles. The molecule has 2 nitrogen and oxygen atoms in total. The van der Waals surface area contributed by atoms with E-state index in [1.807, 2.05) is 6.07 Å². The second-order valence-electron chi connectivity index (χ2n) is 4.85. The number of hydrogen-bond acceptors (Lipinski definition) is 2. The Morgan fingerprint density at radius 2 is 2.29 bits per heavy atom. The average molecular weight is 233 g/mol. The zero-order chi connectivity index (χ0) is 11.9. The molecule has 0 bridgehead atoms. The van der Waals surface area contributed by atoms with Crippen molar-refractivity contribution in [3.63, 3.8) is 0 Å². The lowest BCUT2D eigenvalue weighted by Gasteiger charge is -2.20. The third-order valence-electron chi connectivity index (χ3n) is 3.41. The topological polar surface area (TPSA) is 25.2 Å². The molecule has 0 fully saturated rings. The summed E-state index contributed by atoms with van der Waals surface area (Å²) in [5, 5.41) is 3.57. The molecular weight excluding hydrogens is 210 g/mol. The van der Waals surface area contributed by atoms with Gasteiger partial charge in [-0.1, -0.05) is 18.6 Å². The van der Waals surface area contributed by atoms with Gasteiger partial charge in [-0.05, 0) is 50.8 Å². The summed E-state index contributed by atoms with van der Waals surface area (Å²) >= 11 is 0. The number of allylic oxidation sites excluding steroid dienone is 1. The van der Waals surface area contributed by atoms with Crippen molar-refractivity contribution >= 4 is 0 Å². The largest absolute Gasteiger partial charge is 0.469 e. The van der Waals surface area contributed by atoms with Gasteiger partial charge in [-0.2, -0.15) is 0 Å². The minimum Gasteiger partial charge on any atom is -0.469 e. The van der Waals surface area contributed by atoms with Gasteiger partial charge < -0.3 is 9.73 Å². The fourth-order valence-electron chi connectivity index (χ4n) is 2.58. The first-order chi connectivity index (χ1) is 8.38. The molecule has 0 aromatic carbocycles. The molecule has 0 saturated carbocycles. The molecule has 17 heavy (non-hydrogen) atoms. The van der Waals surface area contributed by atoms with Crippen molar-refractivity contribution in [2.24, 2.45) is 0 Å². The van der Waals surface area contributed by atoms with Gasteiger partial charge in [-0.25, -0.2) is 0 Å². The van der Waals surface area contributed by atoms with Crippen molar-refractivity contribution in [2.45, 2.75) is 51.5 Å². The molecule has 1 heterocycles. The summed E-state index contributed by atoms with van der Waals surface area (Å²) in [6, 6.07) is 4.56. The molecule has 0 amide bonds. The van der Waals surface area contributed by atoms with Gasteiger partial charge >= 0.3 is 0 Å². The summed E-state index contributed by atoms with van der Waals surface area (Å²) in [4.78, 5) is 0. The van der Waals surface area contributed by atoms with Crippen LogP contribution in [-0.4, -0.2) is 12.6 Å². The van der Waals surface area contributed by atoms with E-state index in [1.165, 1.54) is 32.1 Å². The molecule has 1 aromatic rings. The van der Waals surface area contributed by atoms with Crippen LogP contribution in [0.2, 0.25) is 0 Å². The number of nitrogens with one attached hydrogen (secondary N) is 1. The molecule has 94 valence electrons. The van der Waals surface area contributed by atoms with Crippen LogP contribution in [0.25, 0.3) is 0 Å². The first kappa shape index (κ1) is 12.4. The van der Waals surface area contributed by atoms with E-state index in [9.17, 15) is 0 Å². The van der Waals surface area contributed by atoms with Crippen LogP contribution in [0.15, 0.2) is 34.5 Å². The molecular formula is C15H23NO. The molecule has 1 aliphatic rings. The van der Waals surface area contributed by atoms with Gasteiger partial charge in [0.05, 0.1) is 6.26 Å². The summed E-state index contributed by atoms with van der Waals surface area (Å²) in [5.74, 6) is 1.09. The molecule has 0 aliphatic heterocycles. The maximum absolute atomic E-state index is 5.44. The fourth-order valence-corrected chi connectivity index (χ4v) is 2.58. The van der Waals surface area contributed by atoms with Gasteiger partial charge in [0.25, 0.3) is 0 Å². The van der Waals surface area contributed by atoms with Gasteiger partial charge in [0.1, 0.15) is 5.76 Å². The summed E-state index contributed by atoms with van der Waals surface area (Å²) in [7, 11) is 0. The van der Waals surface area contributed by atoms with Crippen LogP contribution in [0.4, 0.5) is 0 Å². The van der Waals surface area contributed by atoms with E-state index in [-0.39, 0.29) is 0 Å². The minimum atomic E-state index is 0.524. The van der Waals surface area contributed by atoms with Crippen molar-refractivity contribution in [3.8, 4) is 0 Å². The second-order valence-corrected chi connectivity index (χ2v) is 4.85. The summed E-state index contributed by atoms with van der Waals surface area (Å²) in [6.07, 6.45) is 11.7. The van der Waals surface area contributed by atoms with Crippen molar-refractivity contribution in [1.82, 2.24) is 5.32 Å². The van der Waals surface area contributed by atoms with E-state index in [0.717, 1.165) is 18.7 Å². The van der Waals surface area contributed by atoms with Crippen LogP contribution >= 0.6 is 0 Å². The third-order valence-corrected chi connectivity index (χ3v) is 3.41. The molecule has 1 aliphatic carbocycles. The standard InChI is InChI=1S/C15H23NO/c1-2-16-14(12-15-9-6-10-17-15)11-13-7-4-3-5-8-13/h6-7,9-10,14,16H,2-5,8,11-12H2,1H3.